The monoisotopic (exact) mass is 924 g/mol. The van der Waals surface area contributed by atoms with Gasteiger partial charge in [-0.05, 0) is 58.2 Å². The zero-order valence-corrected chi connectivity index (χ0v) is 35.0. The van der Waals surface area contributed by atoms with Crippen LogP contribution in [0.4, 0.5) is 0 Å². The van der Waals surface area contributed by atoms with Crippen molar-refractivity contribution < 1.29 is 105 Å². The highest BCUT2D eigenvalue weighted by Crippen LogP contribution is 2.09. The van der Waals surface area contributed by atoms with E-state index in [2.05, 4.69) is 16.0 Å². The Morgan fingerprint density at radius 2 is 0.508 bits per heavy atom. The van der Waals surface area contributed by atoms with E-state index in [0.717, 1.165) is 38.5 Å². The lowest BCUT2D eigenvalue weighted by Gasteiger charge is -2.24. The molecule has 0 fully saturated rings. The molecular formula is C36H72N6O21. The minimum Gasteiger partial charge on any atom is -0.388 e. The first kappa shape index (κ1) is 64.0. The molecule has 0 aromatic heterocycles. The van der Waals surface area contributed by atoms with Gasteiger partial charge in [-0.1, -0.05) is 19.3 Å². The van der Waals surface area contributed by atoms with Gasteiger partial charge in [0.05, 0.1) is 0 Å². The fraction of sp³-hybridized carbons (Fsp3) is 0.833. The van der Waals surface area contributed by atoms with Crippen LogP contribution < -0.4 is 33.2 Å². The first-order valence-corrected chi connectivity index (χ1v) is 20.1. The molecule has 0 aromatic rings. The number of amides is 3. The molecule has 0 aromatic carbocycles. The van der Waals surface area contributed by atoms with E-state index >= 15 is 0 Å². The molecule has 0 saturated heterocycles. The number of aliphatic hydroxyl groups excluding tert-OH is 15. The SMILES string of the molecule is NCCCCCNC(=O)[C@@H](O)[C@@H](O)[C@@H](O)[C@@H](O)C(=O)CO.NCCCCCNC(=O)[C@@H](O)[C@@H](O)[C@H](O)[C@H](O)C(=O)CO.NCCCCCNC(=O)[C@@H](O)[C@H](O)[C@H](O)[C@@H](O)C(=O)CO. The molecule has 0 heterocycles. The summed E-state index contributed by atoms with van der Waals surface area (Å²) in [6.07, 6.45) is -18.0. The van der Waals surface area contributed by atoms with Gasteiger partial charge in [0.1, 0.15) is 74.8 Å². The van der Waals surface area contributed by atoms with Crippen molar-refractivity contribution >= 4 is 35.1 Å². The van der Waals surface area contributed by atoms with Crippen LogP contribution in [0.5, 0.6) is 0 Å². The van der Waals surface area contributed by atoms with Gasteiger partial charge in [-0.25, -0.2) is 0 Å². The summed E-state index contributed by atoms with van der Waals surface area (Å²) in [5.74, 6) is -6.18. The van der Waals surface area contributed by atoms with Crippen molar-refractivity contribution in [1.29, 1.82) is 0 Å². The Morgan fingerprint density at radius 1 is 0.317 bits per heavy atom. The standard InChI is InChI=1S/3C12H24N2O7/c3*13-4-2-1-3-5-14-12(21)11(20)10(19)9(18)8(17)7(16)6-15/h3*8-11,15,17-20H,1-6,13H2,(H,14,21)/t8-,9+,10+,11-;8-,9-,10+,11+;8-,9-,10-,11-/m010/s1. The number of Topliss-reactive ketones (excluding diaryl/α,β-unsaturated/α-hetero) is 3. The third kappa shape index (κ3) is 26.9. The van der Waals surface area contributed by atoms with E-state index in [4.69, 9.17) is 32.5 Å². The van der Waals surface area contributed by atoms with Crippen LogP contribution in [0, 0.1) is 0 Å². The van der Waals surface area contributed by atoms with Crippen LogP contribution in [-0.2, 0) is 28.8 Å². The van der Waals surface area contributed by atoms with Crippen LogP contribution in [0.25, 0.3) is 0 Å². The van der Waals surface area contributed by atoms with Crippen molar-refractivity contribution in [3.8, 4) is 0 Å². The summed E-state index contributed by atoms with van der Waals surface area (Å²) in [6, 6.07) is 0. The summed E-state index contributed by atoms with van der Waals surface area (Å²) in [4.78, 5) is 67.4. The van der Waals surface area contributed by atoms with Gasteiger partial charge < -0.3 is 110 Å². The summed E-state index contributed by atoms with van der Waals surface area (Å²) in [6.45, 7) is -0.698. The van der Waals surface area contributed by atoms with Gasteiger partial charge in [0, 0.05) is 19.6 Å². The Hall–Kier alpha value is -3.30. The van der Waals surface area contributed by atoms with E-state index in [1.54, 1.807) is 0 Å². The summed E-state index contributed by atoms with van der Waals surface area (Å²) in [5, 5.41) is 146. The van der Waals surface area contributed by atoms with E-state index in [0.29, 0.717) is 38.9 Å². The van der Waals surface area contributed by atoms with Crippen LogP contribution in [0.2, 0.25) is 0 Å². The van der Waals surface area contributed by atoms with Gasteiger partial charge in [0.25, 0.3) is 17.7 Å². The molecule has 3 amide bonds. The second kappa shape index (κ2) is 38.0. The number of carbonyl (C=O) groups is 6. The quantitative estimate of drug-likeness (QED) is 0.0272. The molecular weight excluding hydrogens is 852 g/mol. The Morgan fingerprint density at radius 3 is 0.683 bits per heavy atom. The predicted molar refractivity (Wildman–Crippen MR) is 216 cm³/mol. The van der Waals surface area contributed by atoms with Gasteiger partial charge in [-0.2, -0.15) is 0 Å². The number of ketones is 3. The Labute approximate surface area is 363 Å². The van der Waals surface area contributed by atoms with Gasteiger partial charge in [-0.3, -0.25) is 28.8 Å². The average Bonchev–Trinajstić information content (AvgIpc) is 3.29. The number of nitrogens with two attached hydrogens (primary N) is 3. The highest BCUT2D eigenvalue weighted by atomic mass is 16.4. The number of rotatable bonds is 33. The minimum absolute atomic E-state index is 0.261. The summed E-state index contributed by atoms with van der Waals surface area (Å²) in [5.41, 5.74) is 15.9. The third-order valence-corrected chi connectivity index (χ3v) is 8.79. The Balaban J connectivity index is -0.000000857. The molecule has 0 aliphatic heterocycles. The Kier molecular flexibility index (Phi) is 38.6. The van der Waals surface area contributed by atoms with Crippen molar-refractivity contribution in [2.45, 2.75) is 131 Å². The summed E-state index contributed by atoms with van der Waals surface area (Å²) < 4.78 is 0. The number of hydrogen-bond donors (Lipinski definition) is 21. The van der Waals surface area contributed by atoms with Crippen molar-refractivity contribution in [1.82, 2.24) is 16.0 Å². The number of nitrogens with one attached hydrogen (secondary N) is 3. The zero-order chi connectivity index (χ0) is 49.2. The summed E-state index contributed by atoms with van der Waals surface area (Å²) >= 11 is 0. The molecule has 0 aliphatic rings. The first-order valence-electron chi connectivity index (χ1n) is 20.1. The van der Waals surface area contributed by atoms with Gasteiger partial charge in [0.2, 0.25) is 0 Å². The molecule has 27 heteroatoms. The van der Waals surface area contributed by atoms with E-state index in [9.17, 15) is 90.0 Å². The number of hydrogen-bond acceptors (Lipinski definition) is 24. The third-order valence-electron chi connectivity index (χ3n) is 8.79. The molecule has 0 aliphatic carbocycles. The molecule has 12 atom stereocenters. The van der Waals surface area contributed by atoms with E-state index in [1.165, 1.54) is 0 Å². The number of aliphatic hydroxyl groups is 15. The van der Waals surface area contributed by atoms with E-state index < -0.39 is 128 Å². The lowest BCUT2D eigenvalue weighted by molar-refractivity contribution is -0.155. The fourth-order valence-electron chi connectivity index (χ4n) is 4.72. The van der Waals surface area contributed by atoms with Gasteiger partial charge in [-0.15, -0.1) is 0 Å². The van der Waals surface area contributed by atoms with Crippen LogP contribution in [0.1, 0.15) is 57.8 Å². The van der Waals surface area contributed by atoms with Crippen molar-refractivity contribution in [3.63, 3.8) is 0 Å². The number of unbranched alkanes of at least 4 members (excludes halogenated alkanes) is 6. The van der Waals surface area contributed by atoms with Crippen LogP contribution in [-0.4, -0.2) is 244 Å². The van der Waals surface area contributed by atoms with Gasteiger partial charge in [0.15, 0.2) is 35.7 Å². The molecule has 0 spiro atoms. The van der Waals surface area contributed by atoms with Crippen molar-refractivity contribution in [2.24, 2.45) is 17.2 Å². The minimum atomic E-state index is -2.09. The maximum atomic E-state index is 11.5. The maximum Gasteiger partial charge on any atom is 0.251 e. The van der Waals surface area contributed by atoms with Gasteiger partial charge >= 0.3 is 0 Å². The molecule has 0 bridgehead atoms. The second-order valence-electron chi connectivity index (χ2n) is 13.9. The zero-order valence-electron chi connectivity index (χ0n) is 35.0. The molecule has 0 saturated carbocycles. The normalized spacial score (nSPS) is 16.9. The smallest absolute Gasteiger partial charge is 0.251 e. The molecule has 0 radical (unpaired) electrons. The topological polar surface area (TPSA) is 520 Å². The average molecular weight is 925 g/mol. The van der Waals surface area contributed by atoms with Crippen molar-refractivity contribution in [2.75, 3.05) is 59.1 Å². The molecule has 0 rings (SSSR count). The van der Waals surface area contributed by atoms with E-state index in [1.807, 2.05) is 0 Å². The first-order chi connectivity index (χ1) is 29.6. The van der Waals surface area contributed by atoms with E-state index in [-0.39, 0.29) is 19.6 Å². The lowest BCUT2D eigenvalue weighted by atomic mass is 10.00. The predicted octanol–water partition coefficient (Wildman–Crippen LogP) is -11.3. The molecule has 63 heavy (non-hydrogen) atoms. The second-order valence-corrected chi connectivity index (χ2v) is 13.9. The van der Waals surface area contributed by atoms with Crippen molar-refractivity contribution in [3.05, 3.63) is 0 Å². The maximum absolute atomic E-state index is 11.5. The van der Waals surface area contributed by atoms with Crippen LogP contribution in [0.3, 0.4) is 0 Å². The largest absolute Gasteiger partial charge is 0.388 e. The van der Waals surface area contributed by atoms with Crippen LogP contribution >= 0.6 is 0 Å². The lowest BCUT2D eigenvalue weighted by Crippen LogP contribution is -2.53. The van der Waals surface area contributed by atoms with Crippen LogP contribution in [0.15, 0.2) is 0 Å². The molecule has 0 unspecified atom stereocenters. The highest BCUT2D eigenvalue weighted by molar-refractivity contribution is 5.86. The Bertz CT molecular complexity index is 1130. The molecule has 24 N–H and O–H groups in total. The molecule has 372 valence electrons. The fourth-order valence-corrected chi connectivity index (χ4v) is 4.72. The summed E-state index contributed by atoms with van der Waals surface area (Å²) in [7, 11) is 0. The molecule has 27 nitrogen and oxygen atoms in total. The number of carbonyl (C=O) groups excluding carboxylic acids is 6. The highest BCUT2D eigenvalue weighted by Gasteiger charge is 2.39.